The van der Waals surface area contributed by atoms with E-state index >= 15 is 0 Å². The minimum atomic E-state index is -1.28. The molecule has 0 saturated carbocycles. The second-order valence-corrected chi connectivity index (χ2v) is 8.53. The van der Waals surface area contributed by atoms with Gasteiger partial charge in [0.25, 0.3) is 17.7 Å². The second-order valence-electron chi connectivity index (χ2n) is 8.15. The number of halogens is 1. The topological polar surface area (TPSA) is 128 Å². The SMILES string of the molecule is COc1ccc(N2C(=O)C(Cl)=C(Nc3cc(C(=O)NCc4ccc(C(=O)[O-])cc4)ccc3C)C2=O)cc1. The summed E-state index contributed by atoms with van der Waals surface area (Å²) in [5.74, 6) is -2.40. The van der Waals surface area contributed by atoms with Crippen LogP contribution < -0.4 is 25.4 Å². The molecule has 0 aliphatic carbocycles. The van der Waals surface area contributed by atoms with Gasteiger partial charge in [0, 0.05) is 17.8 Å². The smallest absolute Gasteiger partial charge is 0.283 e. The number of ether oxygens (including phenoxy) is 1. The molecule has 0 spiro atoms. The van der Waals surface area contributed by atoms with Gasteiger partial charge in [0.1, 0.15) is 16.5 Å². The summed E-state index contributed by atoms with van der Waals surface area (Å²) in [6.07, 6.45) is 0. The third kappa shape index (κ3) is 5.31. The number of aryl methyl sites for hydroxylation is 1. The molecule has 0 bridgehead atoms. The predicted octanol–water partition coefficient (Wildman–Crippen LogP) is 2.73. The Kier molecular flexibility index (Phi) is 7.26. The molecule has 0 radical (unpaired) electrons. The Morgan fingerprint density at radius 3 is 2.22 bits per heavy atom. The Labute approximate surface area is 217 Å². The minimum absolute atomic E-state index is 0.0443. The lowest BCUT2D eigenvalue weighted by Crippen LogP contribution is -2.32. The molecule has 1 heterocycles. The summed E-state index contributed by atoms with van der Waals surface area (Å²) < 4.78 is 5.11. The number of hydrogen-bond acceptors (Lipinski definition) is 7. The van der Waals surface area contributed by atoms with Crippen molar-refractivity contribution in [3.63, 3.8) is 0 Å². The van der Waals surface area contributed by atoms with E-state index < -0.39 is 17.8 Å². The molecule has 3 aromatic rings. The molecule has 1 aliphatic heterocycles. The maximum absolute atomic E-state index is 13.1. The summed E-state index contributed by atoms with van der Waals surface area (Å²) >= 11 is 6.24. The van der Waals surface area contributed by atoms with Crippen LogP contribution in [0.4, 0.5) is 11.4 Å². The Morgan fingerprint density at radius 2 is 1.59 bits per heavy atom. The summed E-state index contributed by atoms with van der Waals surface area (Å²) in [5, 5.41) is 16.3. The van der Waals surface area contributed by atoms with E-state index in [-0.39, 0.29) is 28.7 Å². The number of nitrogens with zero attached hydrogens (tertiary/aromatic N) is 1. The lowest BCUT2D eigenvalue weighted by atomic mass is 10.1. The van der Waals surface area contributed by atoms with Crippen LogP contribution in [0.25, 0.3) is 0 Å². The molecule has 10 heteroatoms. The van der Waals surface area contributed by atoms with Gasteiger partial charge in [-0.15, -0.1) is 0 Å². The van der Waals surface area contributed by atoms with E-state index in [2.05, 4.69) is 10.6 Å². The van der Waals surface area contributed by atoms with Gasteiger partial charge in [-0.3, -0.25) is 14.4 Å². The second kappa shape index (κ2) is 10.5. The number of methoxy groups -OCH3 is 1. The van der Waals surface area contributed by atoms with Gasteiger partial charge < -0.3 is 25.3 Å². The lowest BCUT2D eigenvalue weighted by Gasteiger charge is -2.16. The number of anilines is 2. The summed E-state index contributed by atoms with van der Waals surface area (Å²) in [6.45, 7) is 1.95. The fourth-order valence-electron chi connectivity index (χ4n) is 3.65. The normalized spacial score (nSPS) is 13.1. The number of rotatable bonds is 8. The van der Waals surface area contributed by atoms with Gasteiger partial charge in [0.15, 0.2) is 0 Å². The maximum atomic E-state index is 13.1. The summed E-state index contributed by atoms with van der Waals surface area (Å²) in [4.78, 5) is 50.4. The van der Waals surface area contributed by atoms with Crippen molar-refractivity contribution < 1.29 is 29.0 Å². The van der Waals surface area contributed by atoms with Crippen LogP contribution in [0.5, 0.6) is 5.75 Å². The molecule has 2 N–H and O–H groups in total. The van der Waals surface area contributed by atoms with Gasteiger partial charge in [-0.05, 0) is 60.0 Å². The van der Waals surface area contributed by atoms with Crippen molar-refractivity contribution in [2.75, 3.05) is 17.3 Å². The van der Waals surface area contributed by atoms with E-state index in [0.29, 0.717) is 28.3 Å². The van der Waals surface area contributed by atoms with E-state index in [1.807, 2.05) is 0 Å². The summed E-state index contributed by atoms with van der Waals surface area (Å²) in [5.41, 5.74) is 2.43. The number of aromatic carboxylic acids is 1. The Bertz CT molecular complexity index is 1430. The van der Waals surface area contributed by atoms with Gasteiger partial charge >= 0.3 is 0 Å². The van der Waals surface area contributed by atoms with E-state index in [9.17, 15) is 24.3 Å². The van der Waals surface area contributed by atoms with Gasteiger partial charge in [-0.2, -0.15) is 0 Å². The molecular formula is C27H21ClN3O6-. The number of nitrogens with one attached hydrogen (secondary N) is 2. The Hall–Kier alpha value is -4.63. The molecule has 1 aliphatic rings. The number of hydrogen-bond donors (Lipinski definition) is 2. The third-order valence-electron chi connectivity index (χ3n) is 5.76. The van der Waals surface area contributed by atoms with Crippen molar-refractivity contribution in [2.24, 2.45) is 0 Å². The van der Waals surface area contributed by atoms with Crippen molar-refractivity contribution in [2.45, 2.75) is 13.5 Å². The van der Waals surface area contributed by atoms with Crippen LogP contribution in [0.3, 0.4) is 0 Å². The van der Waals surface area contributed by atoms with E-state index in [0.717, 1.165) is 10.5 Å². The summed E-state index contributed by atoms with van der Waals surface area (Å²) in [6, 6.07) is 17.2. The highest BCUT2D eigenvalue weighted by atomic mass is 35.5. The van der Waals surface area contributed by atoms with Crippen LogP contribution in [0.1, 0.15) is 31.8 Å². The number of amides is 3. The van der Waals surface area contributed by atoms with Crippen LogP contribution in [0.15, 0.2) is 77.5 Å². The van der Waals surface area contributed by atoms with Crippen molar-refractivity contribution in [3.8, 4) is 5.75 Å². The summed E-state index contributed by atoms with van der Waals surface area (Å²) in [7, 11) is 1.51. The quantitative estimate of drug-likeness (QED) is 0.439. The van der Waals surface area contributed by atoms with Crippen molar-refractivity contribution >= 4 is 46.7 Å². The zero-order valence-electron chi connectivity index (χ0n) is 19.8. The standard InChI is InChI=1S/C27H22ClN3O6/c1-15-3-6-18(24(32)29-14-16-4-7-17(8-5-16)27(35)36)13-21(15)30-23-22(28)25(33)31(26(23)34)19-9-11-20(37-2)12-10-19/h3-13,30H,14H2,1-2H3,(H,29,32)(H,35,36)/p-1. The Morgan fingerprint density at radius 1 is 0.946 bits per heavy atom. The first kappa shape index (κ1) is 25.5. The van der Waals surface area contributed by atoms with Gasteiger partial charge in [-0.1, -0.05) is 41.9 Å². The van der Waals surface area contributed by atoms with Crippen LogP contribution in [0.2, 0.25) is 0 Å². The molecule has 0 atom stereocenters. The average molecular weight is 519 g/mol. The molecule has 0 unspecified atom stereocenters. The number of carboxylic acids is 1. The molecule has 3 aromatic carbocycles. The highest BCUT2D eigenvalue weighted by Gasteiger charge is 2.39. The molecule has 188 valence electrons. The Balaban J connectivity index is 1.49. The van der Waals surface area contributed by atoms with Gasteiger partial charge in [0.2, 0.25) is 0 Å². The fraction of sp³-hybridized carbons (Fsp3) is 0.111. The average Bonchev–Trinajstić information content (AvgIpc) is 3.11. The van der Waals surface area contributed by atoms with Crippen LogP contribution in [-0.2, 0) is 16.1 Å². The molecule has 9 nitrogen and oxygen atoms in total. The van der Waals surface area contributed by atoms with E-state index in [1.54, 1.807) is 61.5 Å². The minimum Gasteiger partial charge on any atom is -0.545 e. The maximum Gasteiger partial charge on any atom is 0.283 e. The molecule has 37 heavy (non-hydrogen) atoms. The molecule has 0 fully saturated rings. The number of carbonyl (C=O) groups excluding carboxylic acids is 4. The fourth-order valence-corrected chi connectivity index (χ4v) is 3.87. The van der Waals surface area contributed by atoms with Crippen LogP contribution >= 0.6 is 11.6 Å². The molecular weight excluding hydrogens is 498 g/mol. The number of benzene rings is 3. The van der Waals surface area contributed by atoms with Crippen molar-refractivity contribution in [1.82, 2.24) is 5.32 Å². The first-order valence-electron chi connectivity index (χ1n) is 11.1. The molecule has 3 amide bonds. The van der Waals surface area contributed by atoms with Gasteiger partial charge in [-0.25, -0.2) is 4.90 Å². The number of carbonyl (C=O) groups is 4. The number of imide groups is 1. The monoisotopic (exact) mass is 518 g/mol. The number of carboxylic acid groups (broad SMARTS) is 1. The molecule has 4 rings (SSSR count). The first-order valence-corrected chi connectivity index (χ1v) is 11.5. The molecule has 0 aromatic heterocycles. The largest absolute Gasteiger partial charge is 0.545 e. The lowest BCUT2D eigenvalue weighted by molar-refractivity contribution is -0.255. The molecule has 0 saturated heterocycles. The first-order chi connectivity index (χ1) is 17.7. The third-order valence-corrected chi connectivity index (χ3v) is 6.11. The van der Waals surface area contributed by atoms with Crippen molar-refractivity contribution in [1.29, 1.82) is 0 Å². The predicted molar refractivity (Wildman–Crippen MR) is 135 cm³/mol. The highest BCUT2D eigenvalue weighted by Crippen LogP contribution is 2.32. The van der Waals surface area contributed by atoms with E-state index in [1.165, 1.54) is 19.2 Å². The van der Waals surface area contributed by atoms with E-state index in [4.69, 9.17) is 16.3 Å². The van der Waals surface area contributed by atoms with Crippen LogP contribution in [-0.4, -0.2) is 30.8 Å². The zero-order chi connectivity index (χ0) is 26.7. The van der Waals surface area contributed by atoms with Crippen molar-refractivity contribution in [3.05, 3.63) is 99.7 Å². The highest BCUT2D eigenvalue weighted by molar-refractivity contribution is 6.53. The van der Waals surface area contributed by atoms with Gasteiger partial charge in [0.05, 0.1) is 18.8 Å². The zero-order valence-corrected chi connectivity index (χ0v) is 20.6. The van der Waals surface area contributed by atoms with Crippen LogP contribution in [0, 0.1) is 6.92 Å².